The molecule has 0 N–H and O–H groups in total. The highest BCUT2D eigenvalue weighted by atomic mass is 14.1. The van der Waals surface area contributed by atoms with Gasteiger partial charge in [-0.3, -0.25) is 0 Å². The van der Waals surface area contributed by atoms with Crippen LogP contribution in [0.2, 0.25) is 0 Å². The number of benzene rings is 1. The van der Waals surface area contributed by atoms with Gasteiger partial charge in [0.1, 0.15) is 0 Å². The van der Waals surface area contributed by atoms with E-state index in [1.165, 1.54) is 29.5 Å². The number of fused-ring (bicyclic) bond motifs is 1. The van der Waals surface area contributed by atoms with Crippen LogP contribution in [0, 0.1) is 6.92 Å². The number of allylic oxidation sites excluding steroid dienone is 3. The van der Waals surface area contributed by atoms with E-state index in [-0.39, 0.29) is 0 Å². The minimum absolute atomic E-state index is 1.07. The van der Waals surface area contributed by atoms with E-state index in [0.717, 1.165) is 6.42 Å². The maximum absolute atomic E-state index is 2.27. The van der Waals surface area contributed by atoms with Gasteiger partial charge in [-0.15, -0.1) is 0 Å². The average Bonchev–Trinajstić information content (AvgIpc) is 2.29. The highest BCUT2D eigenvalue weighted by molar-refractivity contribution is 5.59. The van der Waals surface area contributed by atoms with Gasteiger partial charge in [0.25, 0.3) is 0 Å². The lowest BCUT2D eigenvalue weighted by atomic mass is 9.89. The minimum atomic E-state index is 1.07. The first-order chi connectivity index (χ1) is 7.33. The first-order valence-electron chi connectivity index (χ1n) is 5.72. The van der Waals surface area contributed by atoms with Crippen molar-refractivity contribution in [3.8, 4) is 0 Å². The van der Waals surface area contributed by atoms with Crippen LogP contribution in [0.15, 0.2) is 30.4 Å². The second-order valence-corrected chi connectivity index (χ2v) is 4.13. The van der Waals surface area contributed by atoms with Crippen molar-refractivity contribution in [3.05, 3.63) is 52.6 Å². The van der Waals surface area contributed by atoms with Crippen molar-refractivity contribution < 1.29 is 0 Å². The Bertz CT molecular complexity index is 408. The van der Waals surface area contributed by atoms with Crippen molar-refractivity contribution in [3.63, 3.8) is 0 Å². The van der Waals surface area contributed by atoms with Crippen LogP contribution in [0.3, 0.4) is 0 Å². The van der Waals surface area contributed by atoms with Gasteiger partial charge in [0.15, 0.2) is 0 Å². The standard InChI is InChI=1S/C15H18/c1-3-4-7-13-10-11-14-8-5-6-9-15(14)12(13)2/h3-5,8,10-11H,6-7,9H2,1-2H3. The molecule has 0 aromatic heterocycles. The van der Waals surface area contributed by atoms with Crippen molar-refractivity contribution >= 4 is 6.08 Å². The summed E-state index contributed by atoms with van der Waals surface area (Å²) in [5.74, 6) is 0. The molecule has 0 saturated heterocycles. The lowest BCUT2D eigenvalue weighted by Crippen LogP contribution is -2.00. The molecule has 1 aromatic carbocycles. The first kappa shape index (κ1) is 10.2. The maximum Gasteiger partial charge on any atom is -0.00948 e. The van der Waals surface area contributed by atoms with E-state index >= 15 is 0 Å². The molecule has 2 rings (SSSR count). The molecule has 0 atom stereocenters. The molecule has 0 heterocycles. The number of rotatable bonds is 2. The van der Waals surface area contributed by atoms with E-state index < -0.39 is 0 Å². The summed E-state index contributed by atoms with van der Waals surface area (Å²) >= 11 is 0. The molecule has 15 heavy (non-hydrogen) atoms. The quantitative estimate of drug-likeness (QED) is 0.628. The van der Waals surface area contributed by atoms with E-state index in [0.29, 0.717) is 0 Å². The molecule has 0 fully saturated rings. The fourth-order valence-electron chi connectivity index (χ4n) is 2.22. The molecule has 0 aliphatic heterocycles. The fourth-order valence-corrected chi connectivity index (χ4v) is 2.22. The summed E-state index contributed by atoms with van der Waals surface area (Å²) in [6.45, 7) is 4.34. The third-order valence-electron chi connectivity index (χ3n) is 3.18. The Hall–Kier alpha value is -1.30. The van der Waals surface area contributed by atoms with Crippen LogP contribution < -0.4 is 0 Å². The van der Waals surface area contributed by atoms with Crippen LogP contribution in [-0.4, -0.2) is 0 Å². The van der Waals surface area contributed by atoms with Crippen LogP contribution in [0.5, 0.6) is 0 Å². The van der Waals surface area contributed by atoms with Gasteiger partial charge in [0.2, 0.25) is 0 Å². The van der Waals surface area contributed by atoms with Crippen LogP contribution in [0.25, 0.3) is 6.08 Å². The van der Waals surface area contributed by atoms with Gasteiger partial charge >= 0.3 is 0 Å². The third-order valence-corrected chi connectivity index (χ3v) is 3.18. The van der Waals surface area contributed by atoms with E-state index in [9.17, 15) is 0 Å². The van der Waals surface area contributed by atoms with Gasteiger partial charge in [0.05, 0.1) is 0 Å². The van der Waals surface area contributed by atoms with Crippen LogP contribution in [0.4, 0.5) is 0 Å². The maximum atomic E-state index is 2.27. The Morgan fingerprint density at radius 2 is 2.20 bits per heavy atom. The molecular weight excluding hydrogens is 180 g/mol. The fraction of sp³-hybridized carbons (Fsp3) is 0.333. The van der Waals surface area contributed by atoms with E-state index in [2.05, 4.69) is 50.3 Å². The van der Waals surface area contributed by atoms with E-state index in [1.807, 2.05) is 0 Å². The Labute approximate surface area is 92.3 Å². The molecule has 0 heteroatoms. The summed E-state index contributed by atoms with van der Waals surface area (Å²) in [6.07, 6.45) is 12.4. The molecule has 0 nitrogen and oxygen atoms in total. The molecule has 0 spiro atoms. The molecule has 0 bridgehead atoms. The highest BCUT2D eigenvalue weighted by Gasteiger charge is 2.09. The Kier molecular flexibility index (Phi) is 3.05. The highest BCUT2D eigenvalue weighted by Crippen LogP contribution is 2.25. The molecule has 0 radical (unpaired) electrons. The summed E-state index contributed by atoms with van der Waals surface area (Å²) in [4.78, 5) is 0. The SMILES string of the molecule is CC=CCc1ccc2c(c1C)CCC=C2. The number of hydrogen-bond acceptors (Lipinski definition) is 0. The Morgan fingerprint density at radius 3 is 3.00 bits per heavy atom. The van der Waals surface area contributed by atoms with Crippen LogP contribution in [0.1, 0.15) is 35.6 Å². The summed E-state index contributed by atoms with van der Waals surface area (Å²) in [5.41, 5.74) is 5.94. The third kappa shape index (κ3) is 2.04. The predicted molar refractivity (Wildman–Crippen MR) is 67.1 cm³/mol. The van der Waals surface area contributed by atoms with Gasteiger partial charge < -0.3 is 0 Å². The average molecular weight is 198 g/mol. The first-order valence-corrected chi connectivity index (χ1v) is 5.72. The second-order valence-electron chi connectivity index (χ2n) is 4.13. The zero-order valence-corrected chi connectivity index (χ0v) is 9.59. The minimum Gasteiger partial charge on any atom is -0.0913 e. The van der Waals surface area contributed by atoms with Gasteiger partial charge in [-0.2, -0.15) is 0 Å². The summed E-state index contributed by atoms with van der Waals surface area (Å²) in [6, 6.07) is 4.53. The van der Waals surface area contributed by atoms with E-state index in [1.54, 1.807) is 5.56 Å². The lowest BCUT2D eigenvalue weighted by molar-refractivity contribution is 0.961. The lowest BCUT2D eigenvalue weighted by Gasteiger charge is -2.16. The predicted octanol–water partition coefficient (Wildman–Crippen LogP) is 4.07. The summed E-state index contributed by atoms with van der Waals surface area (Å²) in [7, 11) is 0. The molecular formula is C15H18. The zero-order valence-electron chi connectivity index (χ0n) is 9.59. The molecule has 0 unspecified atom stereocenters. The van der Waals surface area contributed by atoms with Gasteiger partial charge in [-0.1, -0.05) is 36.4 Å². The topological polar surface area (TPSA) is 0 Å². The molecule has 1 aliphatic rings. The molecule has 0 amide bonds. The second kappa shape index (κ2) is 4.48. The normalized spacial score (nSPS) is 14.5. The summed E-state index contributed by atoms with van der Waals surface area (Å²) in [5, 5.41) is 0. The largest absolute Gasteiger partial charge is 0.0913 e. The van der Waals surface area contributed by atoms with Gasteiger partial charge in [-0.25, -0.2) is 0 Å². The van der Waals surface area contributed by atoms with Crippen molar-refractivity contribution in [1.82, 2.24) is 0 Å². The number of hydrogen-bond donors (Lipinski definition) is 0. The van der Waals surface area contributed by atoms with E-state index in [4.69, 9.17) is 0 Å². The van der Waals surface area contributed by atoms with Crippen molar-refractivity contribution in [2.75, 3.05) is 0 Å². The summed E-state index contributed by atoms with van der Waals surface area (Å²) < 4.78 is 0. The Morgan fingerprint density at radius 1 is 1.33 bits per heavy atom. The Balaban J connectivity index is 2.39. The zero-order chi connectivity index (χ0) is 10.7. The molecule has 1 aliphatic carbocycles. The van der Waals surface area contributed by atoms with Crippen LogP contribution in [-0.2, 0) is 12.8 Å². The van der Waals surface area contributed by atoms with Crippen molar-refractivity contribution in [2.45, 2.75) is 33.1 Å². The smallest absolute Gasteiger partial charge is 0.00948 e. The van der Waals surface area contributed by atoms with Crippen molar-refractivity contribution in [2.24, 2.45) is 0 Å². The molecule has 1 aromatic rings. The van der Waals surface area contributed by atoms with Crippen molar-refractivity contribution in [1.29, 1.82) is 0 Å². The van der Waals surface area contributed by atoms with Gasteiger partial charge in [0, 0.05) is 0 Å². The monoisotopic (exact) mass is 198 g/mol. The molecule has 78 valence electrons. The van der Waals surface area contributed by atoms with Crippen LogP contribution >= 0.6 is 0 Å². The molecule has 0 saturated carbocycles. The van der Waals surface area contributed by atoms with Gasteiger partial charge in [-0.05, 0) is 55.4 Å².